The summed E-state index contributed by atoms with van der Waals surface area (Å²) in [7, 11) is 5.67. The molecule has 0 aliphatic carbocycles. The number of rotatable bonds is 6. The number of anilines is 1. The number of nitro groups is 1. The lowest BCUT2D eigenvalue weighted by Gasteiger charge is -2.23. The van der Waals surface area contributed by atoms with Gasteiger partial charge in [-0.3, -0.25) is 14.8 Å². The molecule has 0 spiro atoms. The van der Waals surface area contributed by atoms with Crippen molar-refractivity contribution in [1.82, 2.24) is 20.0 Å². The topological polar surface area (TPSA) is 105 Å². The molecule has 0 aliphatic rings. The fraction of sp³-hybridized carbons (Fsp3) is 0.375. The number of hydrogen-bond donors (Lipinski definition) is 2. The number of likely N-dealkylation sites (N-methyl/N-ethyl adjacent to an activating group) is 1. The summed E-state index contributed by atoms with van der Waals surface area (Å²) < 4.78 is 1.71. The van der Waals surface area contributed by atoms with Crippen LogP contribution in [0.4, 0.5) is 16.2 Å². The maximum atomic E-state index is 12.2. The van der Waals surface area contributed by atoms with Gasteiger partial charge >= 0.3 is 6.03 Å². The van der Waals surface area contributed by atoms with Crippen LogP contribution in [0.2, 0.25) is 0 Å². The van der Waals surface area contributed by atoms with Gasteiger partial charge in [-0.2, -0.15) is 5.10 Å². The molecule has 0 bridgehead atoms. The van der Waals surface area contributed by atoms with E-state index in [1.54, 1.807) is 23.9 Å². The van der Waals surface area contributed by atoms with Crippen LogP contribution in [0.25, 0.3) is 0 Å². The molecule has 2 rings (SSSR count). The number of carbonyl (C=O) groups is 1. The number of nitrogens with zero attached hydrogens (tertiary/aromatic N) is 4. The van der Waals surface area contributed by atoms with E-state index < -0.39 is 11.0 Å². The Balaban J connectivity index is 2.02. The Bertz CT molecular complexity index is 771. The zero-order valence-electron chi connectivity index (χ0n) is 14.7. The van der Waals surface area contributed by atoms with Crippen LogP contribution >= 0.6 is 0 Å². The van der Waals surface area contributed by atoms with Crippen molar-refractivity contribution in [1.29, 1.82) is 0 Å². The van der Waals surface area contributed by atoms with Crippen LogP contribution in [0.1, 0.15) is 17.2 Å². The van der Waals surface area contributed by atoms with Crippen LogP contribution in [0.15, 0.2) is 30.6 Å². The summed E-state index contributed by atoms with van der Waals surface area (Å²) in [4.78, 5) is 24.5. The van der Waals surface area contributed by atoms with E-state index in [2.05, 4.69) is 15.7 Å². The van der Waals surface area contributed by atoms with Crippen LogP contribution in [0.3, 0.4) is 0 Å². The lowest BCUT2D eigenvalue weighted by atomic mass is 10.1. The molecular weight excluding hydrogens is 324 g/mol. The van der Waals surface area contributed by atoms with Gasteiger partial charge in [0.25, 0.3) is 5.69 Å². The first-order valence-corrected chi connectivity index (χ1v) is 7.72. The van der Waals surface area contributed by atoms with Gasteiger partial charge < -0.3 is 15.5 Å². The molecule has 9 nitrogen and oxygen atoms in total. The zero-order chi connectivity index (χ0) is 18.6. The van der Waals surface area contributed by atoms with Crippen LogP contribution in [-0.2, 0) is 7.05 Å². The summed E-state index contributed by atoms with van der Waals surface area (Å²) in [5, 5.41) is 20.5. The normalized spacial score (nSPS) is 12.0. The predicted molar refractivity (Wildman–Crippen MR) is 94.5 cm³/mol. The molecule has 0 fully saturated rings. The first-order chi connectivity index (χ1) is 11.8. The minimum Gasteiger partial charge on any atom is -0.336 e. The molecule has 0 unspecified atom stereocenters. The van der Waals surface area contributed by atoms with Gasteiger partial charge in [-0.25, -0.2) is 4.79 Å². The minimum atomic E-state index is -0.493. The number of carbonyl (C=O) groups excluding carboxylic acids is 1. The Hall–Kier alpha value is -2.94. The molecule has 0 saturated carbocycles. The van der Waals surface area contributed by atoms with E-state index in [4.69, 9.17) is 0 Å². The fourth-order valence-electron chi connectivity index (χ4n) is 2.42. The van der Waals surface area contributed by atoms with E-state index in [1.807, 2.05) is 32.2 Å². The molecule has 25 heavy (non-hydrogen) atoms. The Morgan fingerprint density at radius 3 is 2.72 bits per heavy atom. The van der Waals surface area contributed by atoms with E-state index >= 15 is 0 Å². The molecule has 0 radical (unpaired) electrons. The highest BCUT2D eigenvalue weighted by Crippen LogP contribution is 2.22. The molecule has 2 N–H and O–H groups in total. The number of urea groups is 1. The summed E-state index contributed by atoms with van der Waals surface area (Å²) in [5.41, 5.74) is 2.08. The van der Waals surface area contributed by atoms with Gasteiger partial charge in [0.05, 0.1) is 22.8 Å². The third-order valence-corrected chi connectivity index (χ3v) is 3.87. The van der Waals surface area contributed by atoms with Gasteiger partial charge in [0.1, 0.15) is 0 Å². The number of nitro benzene ring substituents is 1. The van der Waals surface area contributed by atoms with E-state index in [0.717, 1.165) is 11.1 Å². The second-order valence-corrected chi connectivity index (χ2v) is 6.02. The van der Waals surface area contributed by atoms with Crippen molar-refractivity contribution in [3.8, 4) is 0 Å². The van der Waals surface area contributed by atoms with Gasteiger partial charge in [-0.05, 0) is 26.6 Å². The molecule has 1 heterocycles. The van der Waals surface area contributed by atoms with Crippen molar-refractivity contribution in [3.05, 3.63) is 51.8 Å². The van der Waals surface area contributed by atoms with Crippen LogP contribution in [0, 0.1) is 17.0 Å². The van der Waals surface area contributed by atoms with E-state index in [0.29, 0.717) is 12.2 Å². The Kier molecular flexibility index (Phi) is 5.71. The first-order valence-electron chi connectivity index (χ1n) is 7.72. The largest absolute Gasteiger partial charge is 0.336 e. The molecule has 2 aromatic rings. The summed E-state index contributed by atoms with van der Waals surface area (Å²) in [6, 6.07) is 3.90. The predicted octanol–water partition coefficient (Wildman–Crippen LogP) is 2.06. The number of amides is 2. The van der Waals surface area contributed by atoms with Gasteiger partial charge in [0, 0.05) is 37.5 Å². The third-order valence-electron chi connectivity index (χ3n) is 3.87. The van der Waals surface area contributed by atoms with E-state index in [9.17, 15) is 14.9 Å². The highest BCUT2D eigenvalue weighted by Gasteiger charge is 2.17. The average Bonchev–Trinajstić information content (AvgIpc) is 2.95. The quantitative estimate of drug-likeness (QED) is 0.615. The molecule has 1 aromatic carbocycles. The molecule has 2 amide bonds. The second kappa shape index (κ2) is 7.75. The van der Waals surface area contributed by atoms with Crippen molar-refractivity contribution in [2.45, 2.75) is 13.0 Å². The maximum Gasteiger partial charge on any atom is 0.319 e. The number of aromatic nitrogens is 2. The summed E-state index contributed by atoms with van der Waals surface area (Å²) in [5.74, 6) is 0. The molecule has 1 aromatic heterocycles. The maximum absolute atomic E-state index is 12.2. The monoisotopic (exact) mass is 346 g/mol. The van der Waals surface area contributed by atoms with Gasteiger partial charge in [0.2, 0.25) is 0 Å². The van der Waals surface area contributed by atoms with Gasteiger partial charge in [0.15, 0.2) is 0 Å². The van der Waals surface area contributed by atoms with E-state index in [1.165, 1.54) is 12.1 Å². The minimum absolute atomic E-state index is 0.0364. The number of benzene rings is 1. The van der Waals surface area contributed by atoms with Crippen molar-refractivity contribution in [3.63, 3.8) is 0 Å². The molecule has 1 atom stereocenters. The molecule has 9 heteroatoms. The van der Waals surface area contributed by atoms with Crippen LogP contribution in [-0.4, -0.2) is 46.3 Å². The van der Waals surface area contributed by atoms with Crippen LogP contribution < -0.4 is 10.6 Å². The Labute approximate surface area is 145 Å². The lowest BCUT2D eigenvalue weighted by Crippen LogP contribution is -2.36. The highest BCUT2D eigenvalue weighted by atomic mass is 16.6. The molecule has 134 valence electrons. The van der Waals surface area contributed by atoms with Crippen molar-refractivity contribution >= 4 is 17.4 Å². The molecular formula is C16H22N6O3. The SMILES string of the molecule is Cc1ccc([N+](=O)[O-])cc1NC(=O)NC[C@@H](c1cnn(C)c1)N(C)C. The summed E-state index contributed by atoms with van der Waals surface area (Å²) in [6.45, 7) is 2.15. The lowest BCUT2D eigenvalue weighted by molar-refractivity contribution is -0.384. The number of non-ortho nitro benzene ring substituents is 1. The van der Waals surface area contributed by atoms with Crippen molar-refractivity contribution in [2.75, 3.05) is 26.0 Å². The van der Waals surface area contributed by atoms with Crippen molar-refractivity contribution in [2.24, 2.45) is 7.05 Å². The standard InChI is InChI=1S/C16H22N6O3/c1-11-5-6-13(22(24)25)7-14(11)19-16(23)17-9-15(20(2)3)12-8-18-21(4)10-12/h5-8,10,15H,9H2,1-4H3,(H2,17,19,23)/t15-/m0/s1. The smallest absolute Gasteiger partial charge is 0.319 e. The van der Waals surface area contributed by atoms with Gasteiger partial charge in [-0.15, -0.1) is 0 Å². The Morgan fingerprint density at radius 2 is 2.16 bits per heavy atom. The zero-order valence-corrected chi connectivity index (χ0v) is 14.7. The van der Waals surface area contributed by atoms with Crippen molar-refractivity contribution < 1.29 is 9.72 Å². The average molecular weight is 346 g/mol. The number of nitrogens with one attached hydrogen (secondary N) is 2. The Morgan fingerprint density at radius 1 is 1.44 bits per heavy atom. The third kappa shape index (κ3) is 4.77. The first kappa shape index (κ1) is 18.4. The molecule has 0 saturated heterocycles. The highest BCUT2D eigenvalue weighted by molar-refractivity contribution is 5.90. The van der Waals surface area contributed by atoms with Gasteiger partial charge in [-0.1, -0.05) is 6.07 Å². The molecule has 0 aliphatic heterocycles. The van der Waals surface area contributed by atoms with E-state index in [-0.39, 0.29) is 11.7 Å². The summed E-state index contributed by atoms with van der Waals surface area (Å²) in [6.07, 6.45) is 3.66. The second-order valence-electron chi connectivity index (χ2n) is 6.02. The fourth-order valence-corrected chi connectivity index (χ4v) is 2.42. The summed E-state index contributed by atoms with van der Waals surface area (Å²) >= 11 is 0. The number of aryl methyl sites for hydroxylation is 2. The number of hydrogen-bond acceptors (Lipinski definition) is 5. The van der Waals surface area contributed by atoms with Crippen LogP contribution in [0.5, 0.6) is 0 Å².